The Hall–Kier alpha value is -2.25. The number of hydrazine groups is 1. The molecule has 0 saturated carbocycles. The van der Waals surface area contributed by atoms with Crippen molar-refractivity contribution < 1.29 is 18.7 Å². The molecule has 26 heavy (non-hydrogen) atoms. The highest BCUT2D eigenvalue weighted by molar-refractivity contribution is 8.00. The molecule has 0 aliphatic heterocycles. The van der Waals surface area contributed by atoms with Crippen molar-refractivity contribution in [3.63, 3.8) is 0 Å². The normalized spacial score (nSPS) is 12.8. The molecule has 2 amide bonds. The van der Waals surface area contributed by atoms with E-state index < -0.39 is 23.1 Å². The van der Waals surface area contributed by atoms with Gasteiger partial charge in [-0.05, 0) is 50.2 Å². The van der Waals surface area contributed by atoms with Gasteiger partial charge in [-0.2, -0.15) is 0 Å². The van der Waals surface area contributed by atoms with Crippen LogP contribution in [-0.4, -0.2) is 23.2 Å². The lowest BCUT2D eigenvalue weighted by molar-refractivity contribution is -0.132. The monoisotopic (exact) mass is 396 g/mol. The molecular formula is C18H18ClFN2O3S. The molecule has 0 spiro atoms. The van der Waals surface area contributed by atoms with Gasteiger partial charge in [-0.3, -0.25) is 20.4 Å². The summed E-state index contributed by atoms with van der Waals surface area (Å²) in [6.07, 6.45) is -0.868. The molecule has 138 valence electrons. The van der Waals surface area contributed by atoms with Crippen molar-refractivity contribution in [2.45, 2.75) is 30.1 Å². The molecule has 0 aliphatic rings. The molecule has 2 N–H and O–H groups in total. The zero-order chi connectivity index (χ0) is 19.1. The molecular weight excluding hydrogens is 379 g/mol. The Labute approximate surface area is 160 Å². The van der Waals surface area contributed by atoms with Crippen molar-refractivity contribution in [3.05, 3.63) is 59.4 Å². The molecule has 0 aromatic heterocycles. The van der Waals surface area contributed by atoms with E-state index in [0.29, 0.717) is 10.8 Å². The number of halogens is 2. The average Bonchev–Trinajstić information content (AvgIpc) is 2.63. The van der Waals surface area contributed by atoms with Crippen molar-refractivity contribution in [1.29, 1.82) is 0 Å². The van der Waals surface area contributed by atoms with Crippen molar-refractivity contribution in [2.75, 3.05) is 0 Å². The van der Waals surface area contributed by atoms with Crippen molar-refractivity contribution >= 4 is 35.2 Å². The van der Waals surface area contributed by atoms with Crippen LogP contribution in [0.5, 0.6) is 5.75 Å². The third-order valence-corrected chi connectivity index (χ3v) is 4.93. The number of amides is 2. The molecule has 0 aliphatic carbocycles. The first-order chi connectivity index (χ1) is 12.4. The number of carbonyl (C=O) groups excluding carboxylic acids is 2. The smallest absolute Gasteiger partial charge is 0.279 e. The number of nitrogens with one attached hydrogen (secondary N) is 2. The molecule has 0 fully saturated rings. The molecule has 0 bridgehead atoms. The van der Waals surface area contributed by atoms with E-state index in [-0.39, 0.29) is 5.91 Å². The van der Waals surface area contributed by atoms with Gasteiger partial charge >= 0.3 is 0 Å². The third-order valence-electron chi connectivity index (χ3n) is 3.31. The summed E-state index contributed by atoms with van der Waals surface area (Å²) < 4.78 is 18.2. The lowest BCUT2D eigenvalue weighted by Gasteiger charge is -2.17. The van der Waals surface area contributed by atoms with Crippen LogP contribution in [0.1, 0.15) is 13.8 Å². The molecule has 5 nitrogen and oxygen atoms in total. The van der Waals surface area contributed by atoms with Gasteiger partial charge in [0.25, 0.3) is 11.8 Å². The first-order valence-corrected chi connectivity index (χ1v) is 9.05. The quantitative estimate of drug-likeness (QED) is 0.578. The van der Waals surface area contributed by atoms with Gasteiger partial charge in [-0.15, -0.1) is 11.8 Å². The Bertz CT molecular complexity index is 773. The maximum absolute atomic E-state index is 12.9. The van der Waals surface area contributed by atoms with Crippen LogP contribution in [0.3, 0.4) is 0 Å². The summed E-state index contributed by atoms with van der Waals surface area (Å²) in [6.45, 7) is 3.22. The Morgan fingerprint density at radius 3 is 2.31 bits per heavy atom. The maximum atomic E-state index is 12.9. The van der Waals surface area contributed by atoms with E-state index in [1.807, 2.05) is 12.1 Å². The molecule has 2 aromatic rings. The first-order valence-electron chi connectivity index (χ1n) is 7.80. The standard InChI is InChI=1S/C18H18ClFN2O3S/c1-11(25-14-9-7-13(20)8-10-14)17(23)21-22-18(24)12(2)26-16-6-4-3-5-15(16)19/h3-12H,1-2H3,(H,21,23)(H,22,24). The van der Waals surface area contributed by atoms with E-state index in [2.05, 4.69) is 10.9 Å². The number of hydrogen-bond donors (Lipinski definition) is 2. The predicted molar refractivity (Wildman–Crippen MR) is 99.5 cm³/mol. The molecule has 2 rings (SSSR count). The van der Waals surface area contributed by atoms with Gasteiger partial charge in [0.2, 0.25) is 0 Å². The summed E-state index contributed by atoms with van der Waals surface area (Å²) in [5, 5.41) is 0.0889. The minimum absolute atomic E-state index is 0.350. The Morgan fingerprint density at radius 1 is 1.04 bits per heavy atom. The lowest BCUT2D eigenvalue weighted by Crippen LogP contribution is -2.49. The van der Waals surface area contributed by atoms with E-state index in [0.717, 1.165) is 4.90 Å². The zero-order valence-electron chi connectivity index (χ0n) is 14.2. The van der Waals surface area contributed by atoms with Crippen molar-refractivity contribution in [3.8, 4) is 5.75 Å². The van der Waals surface area contributed by atoms with Crippen LogP contribution in [0.25, 0.3) is 0 Å². The number of carbonyl (C=O) groups is 2. The molecule has 2 aromatic carbocycles. The van der Waals surface area contributed by atoms with Gasteiger partial charge in [-0.1, -0.05) is 23.7 Å². The number of hydrogen-bond acceptors (Lipinski definition) is 4. The van der Waals surface area contributed by atoms with Crippen LogP contribution in [0, 0.1) is 5.82 Å². The Balaban J connectivity index is 1.81. The van der Waals surface area contributed by atoms with Crippen LogP contribution in [-0.2, 0) is 9.59 Å². The Morgan fingerprint density at radius 2 is 1.65 bits per heavy atom. The zero-order valence-corrected chi connectivity index (χ0v) is 15.7. The fourth-order valence-corrected chi connectivity index (χ4v) is 3.04. The minimum Gasteiger partial charge on any atom is -0.481 e. The van der Waals surface area contributed by atoms with Gasteiger partial charge in [-0.25, -0.2) is 4.39 Å². The summed E-state index contributed by atoms with van der Waals surface area (Å²) >= 11 is 7.35. The topological polar surface area (TPSA) is 67.4 Å². The minimum atomic E-state index is -0.868. The second-order valence-electron chi connectivity index (χ2n) is 5.38. The van der Waals surface area contributed by atoms with E-state index in [9.17, 15) is 14.0 Å². The van der Waals surface area contributed by atoms with E-state index in [1.54, 1.807) is 19.1 Å². The predicted octanol–water partition coefficient (Wildman–Crippen LogP) is 3.57. The van der Waals surface area contributed by atoms with Crippen molar-refractivity contribution in [2.24, 2.45) is 0 Å². The van der Waals surface area contributed by atoms with Crippen LogP contribution >= 0.6 is 23.4 Å². The highest BCUT2D eigenvalue weighted by Gasteiger charge is 2.19. The molecule has 2 atom stereocenters. The first kappa shape index (κ1) is 20.1. The van der Waals surface area contributed by atoms with E-state index in [1.165, 1.54) is 43.0 Å². The van der Waals surface area contributed by atoms with E-state index in [4.69, 9.17) is 16.3 Å². The van der Waals surface area contributed by atoms with Crippen LogP contribution in [0.4, 0.5) is 4.39 Å². The van der Waals surface area contributed by atoms with Gasteiger partial charge < -0.3 is 4.74 Å². The highest BCUT2D eigenvalue weighted by Crippen LogP contribution is 2.29. The number of ether oxygens (including phenoxy) is 1. The van der Waals surface area contributed by atoms with Crippen LogP contribution in [0.15, 0.2) is 53.4 Å². The second-order valence-corrected chi connectivity index (χ2v) is 7.17. The highest BCUT2D eigenvalue weighted by atomic mass is 35.5. The summed E-state index contributed by atoms with van der Waals surface area (Å²) in [4.78, 5) is 24.9. The van der Waals surface area contributed by atoms with Gasteiger partial charge in [0.15, 0.2) is 6.10 Å². The summed E-state index contributed by atoms with van der Waals surface area (Å²) in [5.74, 6) is -0.954. The lowest BCUT2D eigenvalue weighted by atomic mass is 10.3. The van der Waals surface area contributed by atoms with E-state index >= 15 is 0 Å². The summed E-state index contributed by atoms with van der Waals surface area (Å²) in [7, 11) is 0. The fraction of sp³-hybridized carbons (Fsp3) is 0.222. The number of rotatable bonds is 6. The SMILES string of the molecule is CC(Oc1ccc(F)cc1)C(=O)NNC(=O)C(C)Sc1ccccc1Cl. The second kappa shape index (κ2) is 9.45. The van der Waals surface area contributed by atoms with Gasteiger partial charge in [0.1, 0.15) is 11.6 Å². The van der Waals surface area contributed by atoms with Crippen LogP contribution in [0.2, 0.25) is 5.02 Å². The number of thioether (sulfide) groups is 1. The average molecular weight is 397 g/mol. The third kappa shape index (κ3) is 5.93. The summed E-state index contributed by atoms with van der Waals surface area (Å²) in [5.41, 5.74) is 4.67. The molecule has 0 saturated heterocycles. The molecule has 8 heteroatoms. The molecule has 0 radical (unpaired) electrons. The summed E-state index contributed by atoms with van der Waals surface area (Å²) in [6, 6.07) is 12.5. The maximum Gasteiger partial charge on any atom is 0.279 e. The van der Waals surface area contributed by atoms with Crippen LogP contribution < -0.4 is 15.6 Å². The van der Waals surface area contributed by atoms with Crippen molar-refractivity contribution in [1.82, 2.24) is 10.9 Å². The van der Waals surface area contributed by atoms with Gasteiger partial charge in [0, 0.05) is 4.90 Å². The number of benzene rings is 2. The molecule has 2 unspecified atom stereocenters. The molecule has 0 heterocycles. The van der Waals surface area contributed by atoms with Gasteiger partial charge in [0.05, 0.1) is 10.3 Å². The Kier molecular flexibility index (Phi) is 7.29. The largest absolute Gasteiger partial charge is 0.481 e. The fourth-order valence-electron chi connectivity index (χ4n) is 1.88.